The topological polar surface area (TPSA) is 88.2 Å². The number of pyridine rings is 2. The first-order valence-corrected chi connectivity index (χ1v) is 12.6. The monoisotopic (exact) mass is 498 g/mol. The SMILES string of the molecule is C=CCn1c(=O)c2cnc(Nc3ccc4c(c3)CC(N(C)C)CC4)cc2n1-c1ccnc(C(C)(C)O)c1. The summed E-state index contributed by atoms with van der Waals surface area (Å²) < 4.78 is 3.46. The van der Waals surface area contributed by atoms with Gasteiger partial charge in [0.1, 0.15) is 11.4 Å². The summed E-state index contributed by atoms with van der Waals surface area (Å²) in [5, 5.41) is 14.5. The number of likely N-dealkylation sites (N-methyl/N-ethyl adjacent to an activating group) is 1. The maximum Gasteiger partial charge on any atom is 0.276 e. The third-order valence-electron chi connectivity index (χ3n) is 7.14. The van der Waals surface area contributed by atoms with Crippen LogP contribution in [0, 0.1) is 0 Å². The number of anilines is 2. The number of aryl methyl sites for hydroxylation is 1. The second kappa shape index (κ2) is 9.61. The number of fused-ring (bicyclic) bond motifs is 2. The molecular formula is C29H34N6O2. The predicted octanol–water partition coefficient (Wildman–Crippen LogP) is 4.16. The lowest BCUT2D eigenvalue weighted by Crippen LogP contribution is -2.33. The molecule has 3 heterocycles. The van der Waals surface area contributed by atoms with Gasteiger partial charge in [-0.05, 0) is 82.6 Å². The van der Waals surface area contributed by atoms with Crippen molar-refractivity contribution in [1.29, 1.82) is 0 Å². The van der Waals surface area contributed by atoms with Gasteiger partial charge >= 0.3 is 0 Å². The van der Waals surface area contributed by atoms with E-state index in [0.717, 1.165) is 24.2 Å². The normalized spacial score (nSPS) is 15.7. The second-order valence-electron chi connectivity index (χ2n) is 10.5. The molecule has 0 saturated heterocycles. The number of nitrogens with zero attached hydrogens (tertiary/aromatic N) is 5. The van der Waals surface area contributed by atoms with E-state index in [1.165, 1.54) is 17.5 Å². The Balaban J connectivity index is 1.57. The van der Waals surface area contributed by atoms with Crippen molar-refractivity contribution in [3.8, 4) is 5.69 Å². The second-order valence-corrected chi connectivity index (χ2v) is 10.5. The summed E-state index contributed by atoms with van der Waals surface area (Å²) in [5.74, 6) is 0.647. The highest BCUT2D eigenvalue weighted by Crippen LogP contribution is 2.29. The predicted molar refractivity (Wildman–Crippen MR) is 148 cm³/mol. The first-order chi connectivity index (χ1) is 17.7. The zero-order chi connectivity index (χ0) is 26.3. The third kappa shape index (κ3) is 4.82. The summed E-state index contributed by atoms with van der Waals surface area (Å²) in [6.07, 6.45) is 8.24. The van der Waals surface area contributed by atoms with Crippen LogP contribution in [-0.4, -0.2) is 49.5 Å². The number of rotatable bonds is 7. The number of aliphatic hydroxyl groups is 1. The fraction of sp³-hybridized carbons (Fsp3) is 0.345. The van der Waals surface area contributed by atoms with E-state index in [2.05, 4.69) is 59.1 Å². The first kappa shape index (κ1) is 24.9. The van der Waals surface area contributed by atoms with Gasteiger partial charge in [0, 0.05) is 30.2 Å². The van der Waals surface area contributed by atoms with Gasteiger partial charge in [-0.2, -0.15) is 0 Å². The Morgan fingerprint density at radius 1 is 1.19 bits per heavy atom. The maximum absolute atomic E-state index is 13.3. The van der Waals surface area contributed by atoms with Crippen LogP contribution >= 0.6 is 0 Å². The molecule has 4 aromatic rings. The molecule has 5 rings (SSSR count). The lowest BCUT2D eigenvalue weighted by atomic mass is 9.87. The Morgan fingerprint density at radius 2 is 2.00 bits per heavy atom. The van der Waals surface area contributed by atoms with E-state index in [-0.39, 0.29) is 5.56 Å². The highest BCUT2D eigenvalue weighted by molar-refractivity contribution is 5.83. The zero-order valence-electron chi connectivity index (χ0n) is 21.9. The molecule has 0 saturated carbocycles. The van der Waals surface area contributed by atoms with E-state index >= 15 is 0 Å². The van der Waals surface area contributed by atoms with Crippen LogP contribution in [-0.2, 0) is 25.0 Å². The van der Waals surface area contributed by atoms with Crippen molar-refractivity contribution in [3.63, 3.8) is 0 Å². The summed E-state index contributed by atoms with van der Waals surface area (Å²) in [5.41, 5.74) is 4.42. The summed E-state index contributed by atoms with van der Waals surface area (Å²) in [4.78, 5) is 24.5. The maximum atomic E-state index is 13.3. The highest BCUT2D eigenvalue weighted by Gasteiger charge is 2.22. The van der Waals surface area contributed by atoms with E-state index < -0.39 is 5.60 Å². The van der Waals surface area contributed by atoms with Gasteiger partial charge < -0.3 is 15.3 Å². The minimum atomic E-state index is -1.12. The summed E-state index contributed by atoms with van der Waals surface area (Å²) in [6, 6.07) is 12.6. The Kier molecular flexibility index (Phi) is 6.47. The first-order valence-electron chi connectivity index (χ1n) is 12.6. The molecule has 0 amide bonds. The largest absolute Gasteiger partial charge is 0.384 e. The number of aromatic nitrogens is 4. The van der Waals surface area contributed by atoms with E-state index in [1.807, 2.05) is 16.8 Å². The molecule has 1 aromatic carbocycles. The Bertz CT molecular complexity index is 1530. The molecule has 0 aliphatic heterocycles. The lowest BCUT2D eigenvalue weighted by Gasteiger charge is -2.30. The zero-order valence-corrected chi connectivity index (χ0v) is 21.9. The van der Waals surface area contributed by atoms with Crippen molar-refractivity contribution >= 4 is 22.4 Å². The van der Waals surface area contributed by atoms with E-state index in [9.17, 15) is 9.90 Å². The number of allylic oxidation sites excluding steroid dienone is 1. The minimum absolute atomic E-state index is 0.154. The third-order valence-corrected chi connectivity index (χ3v) is 7.14. The Labute approximate surface area is 216 Å². The van der Waals surface area contributed by atoms with Gasteiger partial charge in [-0.15, -0.1) is 6.58 Å². The molecule has 1 unspecified atom stereocenters. The van der Waals surface area contributed by atoms with Gasteiger partial charge in [0.05, 0.1) is 28.8 Å². The van der Waals surface area contributed by atoms with Crippen molar-refractivity contribution < 1.29 is 5.11 Å². The van der Waals surface area contributed by atoms with Crippen molar-refractivity contribution in [2.75, 3.05) is 19.4 Å². The van der Waals surface area contributed by atoms with Crippen LogP contribution in [0.15, 0.2) is 66.2 Å². The van der Waals surface area contributed by atoms with Crippen LogP contribution in [0.5, 0.6) is 0 Å². The molecule has 8 heteroatoms. The van der Waals surface area contributed by atoms with E-state index in [1.54, 1.807) is 43.1 Å². The molecule has 0 radical (unpaired) electrons. The number of hydrogen-bond acceptors (Lipinski definition) is 6. The van der Waals surface area contributed by atoms with Crippen molar-refractivity contribution in [2.45, 2.75) is 51.3 Å². The Morgan fingerprint density at radius 3 is 2.73 bits per heavy atom. The van der Waals surface area contributed by atoms with Crippen LogP contribution in [0.2, 0.25) is 0 Å². The quantitative estimate of drug-likeness (QED) is 0.372. The van der Waals surface area contributed by atoms with Crippen LogP contribution < -0.4 is 10.9 Å². The molecule has 3 aromatic heterocycles. The molecule has 0 spiro atoms. The van der Waals surface area contributed by atoms with Crippen LogP contribution in [0.25, 0.3) is 16.6 Å². The van der Waals surface area contributed by atoms with Gasteiger partial charge in [-0.1, -0.05) is 12.1 Å². The fourth-order valence-electron chi connectivity index (χ4n) is 5.07. The van der Waals surface area contributed by atoms with E-state index in [4.69, 9.17) is 0 Å². The van der Waals surface area contributed by atoms with Crippen molar-refractivity contribution in [1.82, 2.24) is 24.2 Å². The summed E-state index contributed by atoms with van der Waals surface area (Å²) >= 11 is 0. The molecule has 1 atom stereocenters. The molecule has 37 heavy (non-hydrogen) atoms. The van der Waals surface area contributed by atoms with Gasteiger partial charge in [-0.3, -0.25) is 9.78 Å². The molecular weight excluding hydrogens is 464 g/mol. The minimum Gasteiger partial charge on any atom is -0.384 e. The average Bonchev–Trinajstić information content (AvgIpc) is 3.14. The molecule has 192 valence electrons. The van der Waals surface area contributed by atoms with Gasteiger partial charge in [0.2, 0.25) is 0 Å². The molecule has 1 aliphatic carbocycles. The standard InChI is InChI=1S/C29H34N6O2/c1-6-13-34-28(36)24-18-31-27(17-25(24)35(34)23-11-12-30-26(16-23)29(2,3)37)32-21-9-7-19-8-10-22(33(4)5)15-20(19)14-21/h6-7,9,11-12,14,16-18,22,37H,1,8,10,13,15H2,2-5H3,(H,31,32). The van der Waals surface area contributed by atoms with Gasteiger partial charge in [-0.25, -0.2) is 14.3 Å². The molecule has 1 aliphatic rings. The average molecular weight is 499 g/mol. The van der Waals surface area contributed by atoms with Crippen LogP contribution in [0.4, 0.5) is 11.5 Å². The van der Waals surface area contributed by atoms with Crippen LogP contribution in [0.3, 0.4) is 0 Å². The molecule has 0 bridgehead atoms. The number of nitrogens with one attached hydrogen (secondary N) is 1. The molecule has 2 N–H and O–H groups in total. The number of hydrogen-bond donors (Lipinski definition) is 2. The summed E-state index contributed by atoms with van der Waals surface area (Å²) in [6.45, 7) is 7.53. The van der Waals surface area contributed by atoms with Crippen molar-refractivity contribution in [2.24, 2.45) is 0 Å². The van der Waals surface area contributed by atoms with Crippen molar-refractivity contribution in [3.05, 3.63) is 88.6 Å². The Hall–Kier alpha value is -3.75. The molecule has 8 nitrogen and oxygen atoms in total. The molecule has 0 fully saturated rings. The fourth-order valence-corrected chi connectivity index (χ4v) is 5.07. The number of benzene rings is 1. The van der Waals surface area contributed by atoms with Gasteiger partial charge in [0.15, 0.2) is 0 Å². The lowest BCUT2D eigenvalue weighted by molar-refractivity contribution is 0.0738. The van der Waals surface area contributed by atoms with Crippen LogP contribution in [0.1, 0.15) is 37.1 Å². The van der Waals surface area contributed by atoms with E-state index in [0.29, 0.717) is 35.0 Å². The smallest absolute Gasteiger partial charge is 0.276 e. The highest BCUT2D eigenvalue weighted by atomic mass is 16.3. The summed E-state index contributed by atoms with van der Waals surface area (Å²) in [7, 11) is 4.28. The van der Waals surface area contributed by atoms with Gasteiger partial charge in [0.25, 0.3) is 5.56 Å².